The number of rotatable bonds is 6. The predicted octanol–water partition coefficient (Wildman–Crippen LogP) is 3.41. The van der Waals surface area contributed by atoms with Gasteiger partial charge in [-0.05, 0) is 24.5 Å². The molecule has 0 spiro atoms. The van der Waals surface area contributed by atoms with Crippen molar-refractivity contribution in [2.75, 3.05) is 0 Å². The van der Waals surface area contributed by atoms with Gasteiger partial charge in [-0.25, -0.2) is 0 Å². The predicted molar refractivity (Wildman–Crippen MR) is 62.1 cm³/mol. The quantitative estimate of drug-likeness (QED) is 0.526. The van der Waals surface area contributed by atoms with E-state index in [1.807, 2.05) is 6.07 Å². The topological polar surface area (TPSA) is 30.0 Å². The van der Waals surface area contributed by atoms with Crippen molar-refractivity contribution in [3.8, 4) is 0 Å². The Morgan fingerprint density at radius 2 is 2.13 bits per heavy atom. The molecule has 0 atom stereocenters. The van der Waals surface area contributed by atoms with Gasteiger partial charge in [0.2, 0.25) is 0 Å². The van der Waals surface area contributed by atoms with Crippen LogP contribution in [0.25, 0.3) is 0 Å². The van der Waals surface area contributed by atoms with Gasteiger partial charge in [0.1, 0.15) is 0 Å². The van der Waals surface area contributed by atoms with Crippen molar-refractivity contribution in [1.82, 2.24) is 4.98 Å². The highest BCUT2D eigenvalue weighted by Gasteiger charge is 2.09. The van der Waals surface area contributed by atoms with E-state index in [0.717, 1.165) is 36.8 Å². The molecule has 82 valence electrons. The number of carbonyl (C=O) groups excluding carboxylic acids is 1. The molecule has 2 heteroatoms. The molecule has 0 N–H and O–H groups in total. The minimum absolute atomic E-state index is 0.266. The van der Waals surface area contributed by atoms with Crippen molar-refractivity contribution in [3.05, 3.63) is 29.6 Å². The second-order valence-corrected chi connectivity index (χ2v) is 3.77. The highest BCUT2D eigenvalue weighted by Crippen LogP contribution is 2.12. The van der Waals surface area contributed by atoms with Gasteiger partial charge < -0.3 is 0 Å². The van der Waals surface area contributed by atoms with Crippen LogP contribution in [0.5, 0.6) is 0 Å². The van der Waals surface area contributed by atoms with Gasteiger partial charge in [0.15, 0.2) is 5.78 Å². The number of aryl methyl sites for hydroxylation is 1. The highest BCUT2D eigenvalue weighted by atomic mass is 16.1. The molecule has 2 nitrogen and oxygen atoms in total. The molecule has 1 aromatic rings. The molecule has 1 heterocycles. The van der Waals surface area contributed by atoms with E-state index in [0.29, 0.717) is 6.42 Å². The van der Waals surface area contributed by atoms with Gasteiger partial charge in [-0.15, -0.1) is 0 Å². The van der Waals surface area contributed by atoms with Crippen LogP contribution in [-0.4, -0.2) is 10.8 Å². The average molecular weight is 205 g/mol. The van der Waals surface area contributed by atoms with Crippen molar-refractivity contribution in [1.29, 1.82) is 0 Å². The fourth-order valence-electron chi connectivity index (χ4n) is 1.65. The summed E-state index contributed by atoms with van der Waals surface area (Å²) in [4.78, 5) is 15.9. The molecule has 0 aliphatic carbocycles. The van der Waals surface area contributed by atoms with Crippen LogP contribution >= 0.6 is 0 Å². The van der Waals surface area contributed by atoms with Crippen molar-refractivity contribution < 1.29 is 4.79 Å². The Hall–Kier alpha value is -1.18. The number of ketones is 1. The summed E-state index contributed by atoms with van der Waals surface area (Å²) in [7, 11) is 0. The van der Waals surface area contributed by atoms with E-state index in [1.54, 1.807) is 12.4 Å². The third-order valence-corrected chi connectivity index (χ3v) is 2.59. The molecule has 0 saturated heterocycles. The molecule has 15 heavy (non-hydrogen) atoms. The normalized spacial score (nSPS) is 10.3. The van der Waals surface area contributed by atoms with Crippen LogP contribution in [0.2, 0.25) is 0 Å². The largest absolute Gasteiger partial charge is 0.294 e. The molecule has 0 amide bonds. The lowest BCUT2D eigenvalue weighted by molar-refractivity contribution is 0.0978. The zero-order valence-electron chi connectivity index (χ0n) is 9.62. The summed E-state index contributed by atoms with van der Waals surface area (Å²) in [6.45, 7) is 4.20. The number of nitrogens with zero attached hydrogens (tertiary/aromatic N) is 1. The summed E-state index contributed by atoms with van der Waals surface area (Å²) in [5.41, 5.74) is 1.93. The molecule has 0 aromatic carbocycles. The van der Waals surface area contributed by atoms with Crippen molar-refractivity contribution >= 4 is 5.78 Å². The third-order valence-electron chi connectivity index (χ3n) is 2.59. The minimum atomic E-state index is 0.266. The zero-order chi connectivity index (χ0) is 11.1. The van der Waals surface area contributed by atoms with Gasteiger partial charge in [-0.1, -0.05) is 26.7 Å². The third kappa shape index (κ3) is 3.46. The lowest BCUT2D eigenvalue weighted by Crippen LogP contribution is -2.03. The maximum absolute atomic E-state index is 11.9. The summed E-state index contributed by atoms with van der Waals surface area (Å²) < 4.78 is 0. The molecule has 0 saturated carbocycles. The molecule has 0 aliphatic rings. The van der Waals surface area contributed by atoms with Crippen molar-refractivity contribution in [2.24, 2.45) is 0 Å². The number of carbonyl (C=O) groups is 1. The number of pyridine rings is 1. The monoisotopic (exact) mass is 205 g/mol. The maximum Gasteiger partial charge on any atom is 0.163 e. The van der Waals surface area contributed by atoms with E-state index in [2.05, 4.69) is 18.8 Å². The summed E-state index contributed by atoms with van der Waals surface area (Å²) >= 11 is 0. The van der Waals surface area contributed by atoms with Gasteiger partial charge in [-0.3, -0.25) is 9.78 Å². The van der Waals surface area contributed by atoms with Gasteiger partial charge in [0.25, 0.3) is 0 Å². The van der Waals surface area contributed by atoms with Crippen LogP contribution in [0, 0.1) is 0 Å². The Balaban J connectivity index is 2.64. The Morgan fingerprint density at radius 3 is 2.80 bits per heavy atom. The first kappa shape index (κ1) is 11.9. The van der Waals surface area contributed by atoms with Crippen LogP contribution in [0.1, 0.15) is 55.5 Å². The highest BCUT2D eigenvalue weighted by molar-refractivity contribution is 5.97. The van der Waals surface area contributed by atoms with E-state index in [1.165, 1.54) is 0 Å². The summed E-state index contributed by atoms with van der Waals surface area (Å²) in [5, 5.41) is 0. The lowest BCUT2D eigenvalue weighted by Gasteiger charge is -2.05. The Kier molecular flexibility index (Phi) is 5.02. The number of unbranched alkanes of at least 4 members (excludes halogenated alkanes) is 2. The molecule has 1 aromatic heterocycles. The molecule has 0 unspecified atom stereocenters. The Bertz CT molecular complexity index is 320. The van der Waals surface area contributed by atoms with Crippen LogP contribution in [-0.2, 0) is 6.42 Å². The summed E-state index contributed by atoms with van der Waals surface area (Å²) in [5.74, 6) is 0.266. The van der Waals surface area contributed by atoms with E-state index in [-0.39, 0.29) is 5.78 Å². The fraction of sp³-hybridized carbons (Fsp3) is 0.538. The lowest BCUT2D eigenvalue weighted by atomic mass is 10.0. The van der Waals surface area contributed by atoms with Gasteiger partial charge >= 0.3 is 0 Å². The second-order valence-electron chi connectivity index (χ2n) is 3.77. The van der Waals surface area contributed by atoms with E-state index >= 15 is 0 Å². The molecule has 0 bridgehead atoms. The van der Waals surface area contributed by atoms with Crippen LogP contribution in [0.15, 0.2) is 18.5 Å². The number of Topliss-reactive ketones (excluding diaryl/α,β-unsaturated/α-hetero) is 1. The minimum Gasteiger partial charge on any atom is -0.294 e. The van der Waals surface area contributed by atoms with E-state index in [4.69, 9.17) is 0 Å². The Morgan fingerprint density at radius 1 is 1.33 bits per heavy atom. The van der Waals surface area contributed by atoms with Crippen LogP contribution < -0.4 is 0 Å². The molecule has 0 aliphatic heterocycles. The van der Waals surface area contributed by atoms with Gasteiger partial charge in [0.05, 0.1) is 0 Å². The Labute approximate surface area is 91.7 Å². The smallest absolute Gasteiger partial charge is 0.163 e. The van der Waals surface area contributed by atoms with E-state index in [9.17, 15) is 4.79 Å². The zero-order valence-corrected chi connectivity index (χ0v) is 9.62. The standard InChI is InChI=1S/C13H19NO/c1-3-5-6-7-13(15)12-8-9-14-10-11(12)4-2/h8-10H,3-7H2,1-2H3. The summed E-state index contributed by atoms with van der Waals surface area (Å²) in [6, 6.07) is 1.84. The summed E-state index contributed by atoms with van der Waals surface area (Å²) in [6.07, 6.45) is 8.34. The maximum atomic E-state index is 11.9. The number of aromatic nitrogens is 1. The first-order chi connectivity index (χ1) is 7.29. The molecular weight excluding hydrogens is 186 g/mol. The average Bonchev–Trinajstić information content (AvgIpc) is 2.29. The molecule has 0 radical (unpaired) electrons. The SMILES string of the molecule is CCCCCC(=O)c1ccncc1CC. The molecular formula is C13H19NO. The van der Waals surface area contributed by atoms with Crippen LogP contribution in [0.4, 0.5) is 0 Å². The first-order valence-corrected chi connectivity index (χ1v) is 5.75. The van der Waals surface area contributed by atoms with Gasteiger partial charge in [0, 0.05) is 24.4 Å². The van der Waals surface area contributed by atoms with Crippen LogP contribution in [0.3, 0.4) is 0 Å². The molecule has 0 fully saturated rings. The molecule has 1 rings (SSSR count). The van der Waals surface area contributed by atoms with Gasteiger partial charge in [-0.2, -0.15) is 0 Å². The number of hydrogen-bond donors (Lipinski definition) is 0. The number of hydrogen-bond acceptors (Lipinski definition) is 2. The van der Waals surface area contributed by atoms with E-state index < -0.39 is 0 Å². The second kappa shape index (κ2) is 6.33. The van der Waals surface area contributed by atoms with Crippen molar-refractivity contribution in [2.45, 2.75) is 46.0 Å². The first-order valence-electron chi connectivity index (χ1n) is 5.75. The fourth-order valence-corrected chi connectivity index (χ4v) is 1.65. The van der Waals surface area contributed by atoms with Crippen molar-refractivity contribution in [3.63, 3.8) is 0 Å².